The summed E-state index contributed by atoms with van der Waals surface area (Å²) in [6, 6.07) is 9.81. The van der Waals surface area contributed by atoms with Crippen molar-refractivity contribution in [3.8, 4) is 0 Å². The lowest BCUT2D eigenvalue weighted by Gasteiger charge is -2.09. The van der Waals surface area contributed by atoms with E-state index in [1.807, 2.05) is 36.4 Å². The van der Waals surface area contributed by atoms with E-state index < -0.39 is 5.97 Å². The predicted octanol–water partition coefficient (Wildman–Crippen LogP) is 8.02. The molecule has 0 aliphatic carbocycles. The Hall–Kier alpha value is -2.87. The van der Waals surface area contributed by atoms with Crippen LogP contribution in [0.25, 0.3) is 0 Å². The number of hydrogen-bond donors (Lipinski definition) is 1. The first-order valence-corrected chi connectivity index (χ1v) is 11.4. The zero-order valence-electron chi connectivity index (χ0n) is 18.9. The molecule has 1 aromatic rings. The number of rotatable bonds is 16. The largest absolute Gasteiger partial charge is 0.481 e. The average Bonchev–Trinajstić information content (AvgIpc) is 2.78. The minimum Gasteiger partial charge on any atom is -0.481 e. The second kappa shape index (κ2) is 19.1. The van der Waals surface area contributed by atoms with E-state index in [9.17, 15) is 9.90 Å². The van der Waals surface area contributed by atoms with Gasteiger partial charge in [-0.3, -0.25) is 4.79 Å². The third kappa shape index (κ3) is 15.6. The molecule has 0 spiro atoms. The Kier molecular flexibility index (Phi) is 16.1. The van der Waals surface area contributed by atoms with Gasteiger partial charge >= 0.3 is 5.97 Å². The van der Waals surface area contributed by atoms with Gasteiger partial charge < -0.3 is 5.11 Å². The molecular weight excluding hydrogens is 380 g/mol. The van der Waals surface area contributed by atoms with E-state index in [1.165, 1.54) is 0 Å². The predicted molar refractivity (Wildman–Crippen MR) is 134 cm³/mol. The van der Waals surface area contributed by atoms with Crippen LogP contribution in [0.5, 0.6) is 0 Å². The lowest BCUT2D eigenvalue weighted by molar-refractivity contribution is -0.141. The van der Waals surface area contributed by atoms with Crippen LogP contribution < -0.4 is 0 Å². The molecule has 0 aromatic heterocycles. The quantitative estimate of drug-likeness (QED) is 0.276. The van der Waals surface area contributed by atoms with Crippen molar-refractivity contribution in [3.05, 3.63) is 109 Å². The van der Waals surface area contributed by atoms with Crippen molar-refractivity contribution in [2.45, 2.75) is 58.3 Å². The topological polar surface area (TPSA) is 37.3 Å². The van der Waals surface area contributed by atoms with Crippen molar-refractivity contribution < 1.29 is 9.90 Å². The molecule has 2 nitrogen and oxygen atoms in total. The number of carboxylic acids is 1. The number of allylic oxidation sites excluding steroid dienone is 12. The van der Waals surface area contributed by atoms with Crippen LogP contribution in [0, 0.1) is 5.92 Å². The smallest absolute Gasteiger partial charge is 0.307 e. The van der Waals surface area contributed by atoms with E-state index in [0.29, 0.717) is 12.8 Å². The molecule has 0 bridgehead atoms. The van der Waals surface area contributed by atoms with E-state index in [2.05, 4.69) is 73.8 Å². The zero-order chi connectivity index (χ0) is 22.4. The Morgan fingerprint density at radius 3 is 1.55 bits per heavy atom. The molecule has 1 rings (SSSR count). The highest BCUT2D eigenvalue weighted by Crippen LogP contribution is 2.13. The van der Waals surface area contributed by atoms with Gasteiger partial charge in [0.2, 0.25) is 0 Å². The van der Waals surface area contributed by atoms with Crippen LogP contribution in [0.3, 0.4) is 0 Å². The summed E-state index contributed by atoms with van der Waals surface area (Å²) >= 11 is 0. The Balaban J connectivity index is 2.12. The fourth-order valence-electron chi connectivity index (χ4n) is 2.95. The fourth-order valence-corrected chi connectivity index (χ4v) is 2.95. The number of carbonyl (C=O) groups is 1. The van der Waals surface area contributed by atoms with Gasteiger partial charge in [0, 0.05) is 0 Å². The molecule has 0 saturated carbocycles. The van der Waals surface area contributed by atoms with E-state index in [-0.39, 0.29) is 5.92 Å². The minimum absolute atomic E-state index is 0.369. The molecule has 1 N–H and O–H groups in total. The van der Waals surface area contributed by atoms with Gasteiger partial charge in [0.25, 0.3) is 0 Å². The van der Waals surface area contributed by atoms with Crippen molar-refractivity contribution in [1.29, 1.82) is 0 Å². The van der Waals surface area contributed by atoms with Gasteiger partial charge in [-0.2, -0.15) is 0 Å². The van der Waals surface area contributed by atoms with Crippen LogP contribution in [0.15, 0.2) is 103 Å². The van der Waals surface area contributed by atoms with Crippen LogP contribution >= 0.6 is 0 Å². The third-order valence-corrected chi connectivity index (χ3v) is 4.69. The highest BCUT2D eigenvalue weighted by atomic mass is 16.4. The summed E-state index contributed by atoms with van der Waals surface area (Å²) in [5.41, 5.74) is 1.07. The molecule has 0 fully saturated rings. The van der Waals surface area contributed by atoms with Crippen molar-refractivity contribution in [2.75, 3.05) is 0 Å². The Morgan fingerprint density at radius 2 is 1.13 bits per heavy atom. The SMILES string of the molecule is CC/C=C\C/C=C\C/C=C\C/C=C\C/C=C\C/C=C\CC(Cc1ccccc1)C(=O)O. The summed E-state index contributed by atoms with van der Waals surface area (Å²) in [5.74, 6) is -1.10. The number of aliphatic carboxylic acids is 1. The summed E-state index contributed by atoms with van der Waals surface area (Å²) in [6.07, 6.45) is 32.9. The molecule has 0 saturated heterocycles. The second-order valence-corrected chi connectivity index (χ2v) is 7.38. The lowest BCUT2D eigenvalue weighted by atomic mass is 9.96. The van der Waals surface area contributed by atoms with Crippen LogP contribution in [-0.4, -0.2) is 11.1 Å². The van der Waals surface area contributed by atoms with Gasteiger partial charge in [-0.05, 0) is 56.9 Å². The highest BCUT2D eigenvalue weighted by Gasteiger charge is 2.15. The molecular formula is C29H38O2. The summed E-state index contributed by atoms with van der Waals surface area (Å²) in [7, 11) is 0. The Labute approximate surface area is 189 Å². The first-order chi connectivity index (χ1) is 15.2. The number of hydrogen-bond acceptors (Lipinski definition) is 1. The van der Waals surface area contributed by atoms with Gasteiger partial charge in [-0.25, -0.2) is 0 Å². The van der Waals surface area contributed by atoms with Crippen LogP contribution in [0.1, 0.15) is 57.4 Å². The molecule has 31 heavy (non-hydrogen) atoms. The van der Waals surface area contributed by atoms with Crippen molar-refractivity contribution >= 4 is 5.97 Å². The second-order valence-electron chi connectivity index (χ2n) is 7.38. The van der Waals surface area contributed by atoms with Crippen molar-refractivity contribution in [1.82, 2.24) is 0 Å². The van der Waals surface area contributed by atoms with E-state index in [4.69, 9.17) is 0 Å². The average molecular weight is 419 g/mol. The van der Waals surface area contributed by atoms with Crippen molar-refractivity contribution in [2.24, 2.45) is 5.92 Å². The minimum atomic E-state index is -0.733. The Bertz CT molecular complexity index is 748. The van der Waals surface area contributed by atoms with E-state index in [0.717, 1.165) is 44.1 Å². The van der Waals surface area contributed by atoms with Crippen molar-refractivity contribution in [3.63, 3.8) is 0 Å². The molecule has 1 atom stereocenters. The molecule has 2 heteroatoms. The molecule has 1 unspecified atom stereocenters. The molecule has 0 radical (unpaired) electrons. The highest BCUT2D eigenvalue weighted by molar-refractivity contribution is 5.70. The molecule has 0 aliphatic rings. The van der Waals surface area contributed by atoms with Gasteiger partial charge in [0.1, 0.15) is 0 Å². The zero-order valence-corrected chi connectivity index (χ0v) is 18.9. The molecule has 0 heterocycles. The summed E-state index contributed by atoms with van der Waals surface area (Å²) in [6.45, 7) is 2.15. The van der Waals surface area contributed by atoms with Gasteiger partial charge in [0.15, 0.2) is 0 Å². The van der Waals surface area contributed by atoms with Crippen LogP contribution in [0.4, 0.5) is 0 Å². The van der Waals surface area contributed by atoms with Crippen LogP contribution in [0.2, 0.25) is 0 Å². The molecule has 166 valence electrons. The lowest BCUT2D eigenvalue weighted by Crippen LogP contribution is -2.15. The maximum Gasteiger partial charge on any atom is 0.307 e. The maximum absolute atomic E-state index is 11.5. The van der Waals surface area contributed by atoms with E-state index >= 15 is 0 Å². The first-order valence-electron chi connectivity index (χ1n) is 11.4. The summed E-state index contributed by atoms with van der Waals surface area (Å²) < 4.78 is 0. The normalized spacial score (nSPS) is 13.7. The third-order valence-electron chi connectivity index (χ3n) is 4.69. The monoisotopic (exact) mass is 418 g/mol. The molecule has 1 aromatic carbocycles. The summed E-state index contributed by atoms with van der Waals surface area (Å²) in [5, 5.41) is 9.41. The van der Waals surface area contributed by atoms with Gasteiger partial charge in [-0.15, -0.1) is 0 Å². The fraction of sp³-hybridized carbons (Fsp3) is 0.345. The number of benzene rings is 1. The van der Waals surface area contributed by atoms with Gasteiger partial charge in [-0.1, -0.05) is 110 Å². The van der Waals surface area contributed by atoms with Crippen LogP contribution in [-0.2, 0) is 11.2 Å². The Morgan fingerprint density at radius 1 is 0.710 bits per heavy atom. The molecule has 0 aliphatic heterocycles. The number of carboxylic acid groups (broad SMARTS) is 1. The summed E-state index contributed by atoms with van der Waals surface area (Å²) in [4.78, 5) is 11.5. The van der Waals surface area contributed by atoms with E-state index in [1.54, 1.807) is 0 Å². The first kappa shape index (κ1) is 26.2. The standard InChI is InChI=1S/C29H38O2/c1-2-3-4-5-6-7-8-9-10-11-12-13-14-15-16-17-18-22-25-28(29(30)31)26-27-23-20-19-21-24-27/h3-4,6-7,9-10,12-13,15-16,18-24,28H,2,5,8,11,14,17,25-26H2,1H3,(H,30,31)/b4-3-,7-6-,10-9-,13-12-,16-15-,22-18-. The van der Waals surface area contributed by atoms with Gasteiger partial charge in [0.05, 0.1) is 5.92 Å². The molecule has 0 amide bonds. The maximum atomic E-state index is 11.5.